The number of rotatable bonds is 8. The smallest absolute Gasteiger partial charge is 0.267 e. The van der Waals surface area contributed by atoms with Gasteiger partial charge >= 0.3 is 0 Å². The fraction of sp³-hybridized carbons (Fsp3) is 0.269. The van der Waals surface area contributed by atoms with Gasteiger partial charge in [-0.15, -0.1) is 0 Å². The van der Waals surface area contributed by atoms with Gasteiger partial charge in [0, 0.05) is 5.69 Å². The summed E-state index contributed by atoms with van der Waals surface area (Å²) in [4.78, 5) is 12.7. The largest absolute Gasteiger partial charge is 0.478 e. The number of ether oxygens (including phenoxy) is 2. The molecule has 0 radical (unpaired) electrons. The fourth-order valence-corrected chi connectivity index (χ4v) is 2.93. The van der Waals surface area contributed by atoms with Crippen LogP contribution in [0.15, 0.2) is 72.8 Å². The van der Waals surface area contributed by atoms with Gasteiger partial charge in [-0.1, -0.05) is 36.4 Å². The third-order valence-corrected chi connectivity index (χ3v) is 4.75. The molecule has 0 aromatic heterocycles. The van der Waals surface area contributed by atoms with E-state index in [1.54, 1.807) is 13.8 Å². The van der Waals surface area contributed by atoms with Crippen molar-refractivity contribution in [1.82, 2.24) is 0 Å². The zero-order valence-electron chi connectivity index (χ0n) is 18.3. The van der Waals surface area contributed by atoms with E-state index in [1.165, 1.54) is 24.3 Å². The molecule has 3 rings (SSSR count). The Hall–Kier alpha value is -3.18. The van der Waals surface area contributed by atoms with Crippen LogP contribution in [0, 0.1) is 5.82 Å². The van der Waals surface area contributed by atoms with Crippen LogP contribution in [0.3, 0.4) is 0 Å². The molecule has 0 saturated heterocycles. The van der Waals surface area contributed by atoms with Crippen LogP contribution < -0.4 is 10.1 Å². The van der Waals surface area contributed by atoms with E-state index >= 15 is 0 Å². The molecule has 0 saturated carbocycles. The highest BCUT2D eigenvalue weighted by Crippen LogP contribution is 2.24. The van der Waals surface area contributed by atoms with Gasteiger partial charge in [-0.3, -0.25) is 4.79 Å². The molecule has 31 heavy (non-hydrogen) atoms. The molecule has 0 atom stereocenters. The van der Waals surface area contributed by atoms with Crippen LogP contribution >= 0.6 is 0 Å². The van der Waals surface area contributed by atoms with Crippen LogP contribution in [0.25, 0.3) is 11.1 Å². The van der Waals surface area contributed by atoms with E-state index in [-0.39, 0.29) is 17.8 Å². The van der Waals surface area contributed by atoms with E-state index in [2.05, 4.69) is 29.6 Å². The Kier molecular flexibility index (Phi) is 7.08. The van der Waals surface area contributed by atoms with Gasteiger partial charge in [-0.05, 0) is 80.8 Å². The Morgan fingerprint density at radius 2 is 1.45 bits per heavy atom. The molecule has 162 valence electrons. The number of anilines is 1. The first kappa shape index (κ1) is 22.5. The molecule has 0 spiro atoms. The molecule has 0 bridgehead atoms. The molecule has 1 amide bonds. The molecule has 0 aliphatic carbocycles. The molecule has 0 aliphatic rings. The minimum atomic E-state index is -1.12. The van der Waals surface area contributed by atoms with E-state index in [1.807, 2.05) is 38.1 Å². The van der Waals surface area contributed by atoms with Crippen molar-refractivity contribution < 1.29 is 18.7 Å². The standard InChI is InChI=1S/C26H28FNO3/c1-18(2)30-17-19-5-7-20(8-6-19)21-9-13-23(14-10-21)28-25(29)26(3,4)31-24-15-11-22(27)12-16-24/h5-16,18H,17H2,1-4H3,(H,28,29). The Balaban J connectivity index is 1.61. The zero-order valence-corrected chi connectivity index (χ0v) is 18.3. The number of carbonyl (C=O) groups is 1. The van der Waals surface area contributed by atoms with Crippen LogP contribution in [-0.2, 0) is 16.1 Å². The summed E-state index contributed by atoms with van der Waals surface area (Å²) in [6, 6.07) is 21.5. The maximum Gasteiger partial charge on any atom is 0.267 e. The van der Waals surface area contributed by atoms with Gasteiger partial charge < -0.3 is 14.8 Å². The predicted molar refractivity (Wildman–Crippen MR) is 122 cm³/mol. The summed E-state index contributed by atoms with van der Waals surface area (Å²) in [7, 11) is 0. The minimum absolute atomic E-state index is 0.202. The lowest BCUT2D eigenvalue weighted by Crippen LogP contribution is -2.42. The first-order chi connectivity index (χ1) is 14.7. The van der Waals surface area contributed by atoms with Crippen LogP contribution in [-0.4, -0.2) is 17.6 Å². The topological polar surface area (TPSA) is 47.6 Å². The van der Waals surface area contributed by atoms with Gasteiger partial charge in [0.25, 0.3) is 5.91 Å². The Labute approximate surface area is 183 Å². The van der Waals surface area contributed by atoms with Crippen molar-refractivity contribution in [2.75, 3.05) is 5.32 Å². The van der Waals surface area contributed by atoms with Gasteiger partial charge in [-0.2, -0.15) is 0 Å². The second-order valence-electron chi connectivity index (χ2n) is 8.15. The van der Waals surface area contributed by atoms with Gasteiger partial charge in [0.2, 0.25) is 0 Å². The minimum Gasteiger partial charge on any atom is -0.478 e. The maximum atomic E-state index is 13.1. The summed E-state index contributed by atoms with van der Waals surface area (Å²) in [6.45, 7) is 7.98. The quantitative estimate of drug-likeness (QED) is 0.470. The number of benzene rings is 3. The molecule has 0 fully saturated rings. The highest BCUT2D eigenvalue weighted by molar-refractivity contribution is 5.97. The number of carbonyl (C=O) groups excluding carboxylic acids is 1. The van der Waals surface area contributed by atoms with E-state index in [0.29, 0.717) is 18.0 Å². The fourth-order valence-electron chi connectivity index (χ4n) is 2.93. The lowest BCUT2D eigenvalue weighted by Gasteiger charge is -2.25. The summed E-state index contributed by atoms with van der Waals surface area (Å²) in [5.41, 5.74) is 2.82. The molecule has 0 heterocycles. The molecule has 4 nitrogen and oxygen atoms in total. The molecular formula is C26H28FNO3. The van der Waals surface area contributed by atoms with Crippen LogP contribution in [0.1, 0.15) is 33.3 Å². The Morgan fingerprint density at radius 3 is 2.00 bits per heavy atom. The molecule has 1 N–H and O–H groups in total. The molecule has 3 aromatic carbocycles. The zero-order chi connectivity index (χ0) is 22.4. The number of amides is 1. The SMILES string of the molecule is CC(C)OCc1ccc(-c2ccc(NC(=O)C(C)(C)Oc3ccc(F)cc3)cc2)cc1. The van der Waals surface area contributed by atoms with Crippen molar-refractivity contribution in [2.24, 2.45) is 0 Å². The van der Waals surface area contributed by atoms with Crippen molar-refractivity contribution >= 4 is 11.6 Å². The third-order valence-electron chi connectivity index (χ3n) is 4.75. The van der Waals surface area contributed by atoms with Crippen LogP contribution in [0.5, 0.6) is 5.75 Å². The van der Waals surface area contributed by atoms with Gasteiger partial charge in [0.05, 0.1) is 12.7 Å². The molecule has 5 heteroatoms. The second-order valence-corrected chi connectivity index (χ2v) is 8.15. The number of hydrogen-bond donors (Lipinski definition) is 1. The van der Waals surface area contributed by atoms with Crippen molar-refractivity contribution in [1.29, 1.82) is 0 Å². The molecule has 0 aliphatic heterocycles. The van der Waals surface area contributed by atoms with Crippen LogP contribution in [0.4, 0.5) is 10.1 Å². The first-order valence-electron chi connectivity index (χ1n) is 10.3. The van der Waals surface area contributed by atoms with Crippen molar-refractivity contribution in [3.05, 3.63) is 84.2 Å². The number of hydrogen-bond acceptors (Lipinski definition) is 3. The summed E-state index contributed by atoms with van der Waals surface area (Å²) < 4.78 is 24.4. The molecule has 3 aromatic rings. The van der Waals surface area contributed by atoms with E-state index in [4.69, 9.17) is 9.47 Å². The summed E-state index contributed by atoms with van der Waals surface area (Å²) >= 11 is 0. The monoisotopic (exact) mass is 421 g/mol. The second kappa shape index (κ2) is 9.75. The van der Waals surface area contributed by atoms with Crippen LogP contribution in [0.2, 0.25) is 0 Å². The van der Waals surface area contributed by atoms with Gasteiger partial charge in [-0.25, -0.2) is 4.39 Å². The maximum absolute atomic E-state index is 13.1. The Bertz CT molecular complexity index is 994. The average Bonchev–Trinajstić information content (AvgIpc) is 2.74. The third kappa shape index (κ3) is 6.40. The first-order valence-corrected chi connectivity index (χ1v) is 10.3. The van der Waals surface area contributed by atoms with Crippen molar-refractivity contribution in [3.63, 3.8) is 0 Å². The lowest BCUT2D eigenvalue weighted by molar-refractivity contribution is -0.128. The lowest BCUT2D eigenvalue weighted by atomic mass is 10.0. The summed E-state index contributed by atoms with van der Waals surface area (Å²) in [5, 5.41) is 2.87. The van der Waals surface area contributed by atoms with Gasteiger partial charge in [0.15, 0.2) is 5.60 Å². The Morgan fingerprint density at radius 1 is 0.903 bits per heavy atom. The average molecular weight is 422 g/mol. The highest BCUT2D eigenvalue weighted by atomic mass is 19.1. The number of halogens is 1. The summed E-state index contributed by atoms with van der Waals surface area (Å²) in [6.07, 6.45) is 0.202. The normalized spacial score (nSPS) is 11.4. The van der Waals surface area contributed by atoms with E-state index in [0.717, 1.165) is 16.7 Å². The highest BCUT2D eigenvalue weighted by Gasteiger charge is 2.30. The van der Waals surface area contributed by atoms with E-state index in [9.17, 15) is 9.18 Å². The van der Waals surface area contributed by atoms with E-state index < -0.39 is 5.60 Å². The molecular weight excluding hydrogens is 393 g/mol. The number of nitrogens with one attached hydrogen (secondary N) is 1. The predicted octanol–water partition coefficient (Wildman–Crippen LogP) is 6.21. The van der Waals surface area contributed by atoms with Gasteiger partial charge in [0.1, 0.15) is 11.6 Å². The summed E-state index contributed by atoms with van der Waals surface area (Å²) in [5.74, 6) is -0.216. The van der Waals surface area contributed by atoms with Crippen molar-refractivity contribution in [3.8, 4) is 16.9 Å². The van der Waals surface area contributed by atoms with Crippen molar-refractivity contribution in [2.45, 2.75) is 46.0 Å². The molecule has 0 unspecified atom stereocenters.